The molecule has 0 spiro atoms. The lowest BCUT2D eigenvalue weighted by molar-refractivity contribution is -0.0522. The van der Waals surface area contributed by atoms with Crippen LogP contribution in [0, 0.1) is 0 Å². The number of alkyl halides is 6. The zero-order valence-corrected chi connectivity index (χ0v) is 21.4. The smallest absolute Gasteiger partial charge is 0.485 e. The van der Waals surface area contributed by atoms with Crippen LogP contribution in [-0.4, -0.2) is 60.0 Å². The van der Waals surface area contributed by atoms with Crippen LogP contribution in [0.1, 0.15) is 21.6 Å². The van der Waals surface area contributed by atoms with Crippen molar-refractivity contribution in [3.8, 4) is 0 Å². The lowest BCUT2D eigenvalue weighted by atomic mass is 10.0. The summed E-state index contributed by atoms with van der Waals surface area (Å²) in [5, 5.41) is 1.56. The van der Waals surface area contributed by atoms with Crippen LogP contribution in [0.4, 0.5) is 26.3 Å². The fraction of sp³-hybridized carbons (Fsp3) is 0.400. The molecule has 0 amide bonds. The van der Waals surface area contributed by atoms with E-state index in [1.807, 2.05) is 0 Å². The van der Waals surface area contributed by atoms with Gasteiger partial charge in [0.1, 0.15) is 0 Å². The highest BCUT2D eigenvalue weighted by Gasteiger charge is 2.58. The summed E-state index contributed by atoms with van der Waals surface area (Å²) in [6.07, 6.45) is 0. The van der Waals surface area contributed by atoms with Crippen LogP contribution in [0.2, 0.25) is 0 Å². The average Bonchev–Trinajstić information content (AvgIpc) is 2.79. The van der Waals surface area contributed by atoms with Crippen molar-refractivity contribution in [3.05, 3.63) is 71.8 Å². The van der Waals surface area contributed by atoms with E-state index in [4.69, 9.17) is 25.9 Å². The Kier molecular flexibility index (Phi) is 10.2. The molecule has 2 bridgehead atoms. The fourth-order valence-electron chi connectivity index (χ4n) is 3.51. The van der Waals surface area contributed by atoms with Gasteiger partial charge in [-0.25, -0.2) is 16.8 Å². The number of halogens is 6. The van der Waals surface area contributed by atoms with E-state index in [2.05, 4.69) is 60.7 Å². The third-order valence-corrected chi connectivity index (χ3v) is 12.3. The van der Waals surface area contributed by atoms with Crippen LogP contribution in [0.25, 0.3) is 0 Å². The van der Waals surface area contributed by atoms with Crippen molar-refractivity contribution in [2.24, 2.45) is 0 Å². The van der Waals surface area contributed by atoms with E-state index in [1.165, 1.54) is 23.0 Å². The van der Waals surface area contributed by atoms with Crippen molar-refractivity contribution in [2.75, 3.05) is 23.0 Å². The van der Waals surface area contributed by atoms with Crippen LogP contribution >= 0.6 is 0 Å². The molecule has 2 aromatic rings. The number of hydrogen-bond acceptors (Lipinski definition) is 6. The molecule has 0 N–H and O–H groups in total. The molecule has 3 heterocycles. The summed E-state index contributed by atoms with van der Waals surface area (Å²) >= 11 is 0. The van der Waals surface area contributed by atoms with Crippen molar-refractivity contribution >= 4 is 42.0 Å². The summed E-state index contributed by atoms with van der Waals surface area (Å²) < 4.78 is 118. The first kappa shape index (κ1) is 30.8. The van der Waals surface area contributed by atoms with Gasteiger partial charge in [-0.3, -0.25) is 0 Å². The molecule has 0 saturated carbocycles. The predicted octanol–water partition coefficient (Wildman–Crippen LogP) is 3.84. The average molecular weight is 599 g/mol. The molecule has 3 aliphatic heterocycles. The van der Waals surface area contributed by atoms with Gasteiger partial charge in [0.15, 0.2) is 53.7 Å². The first-order chi connectivity index (χ1) is 16.4. The highest BCUT2D eigenvalue weighted by atomic mass is 32.2. The van der Waals surface area contributed by atoms with Crippen molar-refractivity contribution in [2.45, 2.75) is 21.5 Å². The van der Waals surface area contributed by atoms with Crippen molar-refractivity contribution in [1.82, 2.24) is 0 Å². The molecule has 2 atom stereocenters. The van der Waals surface area contributed by atoms with Crippen LogP contribution in [-0.2, 0) is 42.0 Å². The van der Waals surface area contributed by atoms with Gasteiger partial charge in [0.05, 0.1) is 0 Å². The number of hydrogen-bond donors (Lipinski definition) is 0. The van der Waals surface area contributed by atoms with Gasteiger partial charge >= 0.3 is 11.0 Å². The maximum atomic E-state index is 10.7. The van der Waals surface area contributed by atoms with Crippen LogP contribution in [0.3, 0.4) is 0 Å². The van der Waals surface area contributed by atoms with E-state index in [0.717, 1.165) is 10.5 Å². The Morgan fingerprint density at radius 2 is 0.806 bits per heavy atom. The second kappa shape index (κ2) is 11.9. The lowest BCUT2D eigenvalue weighted by Gasteiger charge is -2.36. The minimum absolute atomic E-state index is 0.602. The second-order valence-corrected chi connectivity index (χ2v) is 14.9. The van der Waals surface area contributed by atoms with Crippen LogP contribution < -0.4 is 0 Å². The molecular weight excluding hydrogens is 578 g/mol. The van der Waals surface area contributed by atoms with E-state index in [1.54, 1.807) is 11.1 Å². The van der Waals surface area contributed by atoms with Gasteiger partial charge in [-0.2, -0.15) is 26.3 Å². The molecule has 16 heteroatoms. The third kappa shape index (κ3) is 8.28. The maximum Gasteiger partial charge on any atom is 0.485 e. The maximum absolute atomic E-state index is 10.7. The molecule has 0 radical (unpaired) electrons. The van der Waals surface area contributed by atoms with E-state index in [-0.39, 0.29) is 0 Å². The quantitative estimate of drug-likeness (QED) is 0.225. The van der Waals surface area contributed by atoms with E-state index >= 15 is 0 Å². The van der Waals surface area contributed by atoms with E-state index < -0.39 is 31.3 Å². The molecule has 3 fully saturated rings. The molecular formula is C20H20F6O6S4. The number of rotatable bonds is 2. The Bertz CT molecular complexity index is 1090. The van der Waals surface area contributed by atoms with Crippen LogP contribution in [0.15, 0.2) is 60.7 Å². The Hall–Kier alpha value is -1.46. The first-order valence-electron chi connectivity index (χ1n) is 9.90. The first-order valence-corrected chi connectivity index (χ1v) is 16.0. The molecule has 6 nitrogen and oxygen atoms in total. The minimum atomic E-state index is -6.09. The molecule has 0 aliphatic carbocycles. The minimum Gasteiger partial charge on any atom is -0.741 e. The molecule has 5 rings (SSSR count). The molecule has 0 unspecified atom stereocenters. The van der Waals surface area contributed by atoms with Crippen LogP contribution in [0.5, 0.6) is 0 Å². The summed E-state index contributed by atoms with van der Waals surface area (Å²) in [5.74, 6) is 5.91. The van der Waals surface area contributed by atoms with E-state index in [0.29, 0.717) is 21.8 Å². The van der Waals surface area contributed by atoms with Crippen molar-refractivity contribution < 1.29 is 52.3 Å². The zero-order chi connectivity index (χ0) is 27.4. The summed E-state index contributed by atoms with van der Waals surface area (Å²) in [7, 11) is -11.0. The van der Waals surface area contributed by atoms with Crippen molar-refractivity contribution in [1.29, 1.82) is 0 Å². The van der Waals surface area contributed by atoms with Gasteiger partial charge in [-0.15, -0.1) is 0 Å². The van der Waals surface area contributed by atoms with Gasteiger partial charge < -0.3 is 9.11 Å². The third-order valence-electron chi connectivity index (χ3n) is 5.03. The Morgan fingerprint density at radius 3 is 1.00 bits per heavy atom. The molecule has 3 saturated heterocycles. The highest BCUT2D eigenvalue weighted by Crippen LogP contribution is 2.50. The highest BCUT2D eigenvalue weighted by molar-refractivity contribution is 8.07. The second-order valence-electron chi connectivity index (χ2n) is 7.35. The summed E-state index contributed by atoms with van der Waals surface area (Å²) in [4.78, 5) is 0. The summed E-state index contributed by atoms with van der Waals surface area (Å²) in [6.45, 7) is 0. The largest absolute Gasteiger partial charge is 0.741 e. The van der Waals surface area contributed by atoms with Gasteiger partial charge in [0.25, 0.3) is 0 Å². The van der Waals surface area contributed by atoms with Gasteiger partial charge in [-0.1, -0.05) is 60.7 Å². The summed E-state index contributed by atoms with van der Waals surface area (Å²) in [6, 6.07) is 22.6. The lowest BCUT2D eigenvalue weighted by Crippen LogP contribution is -2.48. The Morgan fingerprint density at radius 1 is 0.583 bits per heavy atom. The Labute approximate surface area is 210 Å². The van der Waals surface area contributed by atoms with E-state index in [9.17, 15) is 26.3 Å². The molecule has 36 heavy (non-hydrogen) atoms. The van der Waals surface area contributed by atoms with Gasteiger partial charge in [0.2, 0.25) is 0 Å². The SMILES string of the molecule is O=S(=O)([O-])C(F)(F)F.O=S(=O)([O-])C(F)(F)F.c1ccc([C@@H]2[C@@H](c3ccccc3)[S+]3CC[S+]2CC3)cc1. The zero-order valence-electron chi connectivity index (χ0n) is 18.1. The predicted molar refractivity (Wildman–Crippen MR) is 124 cm³/mol. The van der Waals surface area contributed by atoms with Gasteiger partial charge in [0, 0.05) is 32.9 Å². The normalized spacial score (nSPS) is 24.1. The molecule has 3 aliphatic rings. The fourth-order valence-corrected chi connectivity index (χ4v) is 11.4. The van der Waals surface area contributed by atoms with Crippen molar-refractivity contribution in [3.63, 3.8) is 0 Å². The topological polar surface area (TPSA) is 114 Å². The monoisotopic (exact) mass is 598 g/mol. The Balaban J connectivity index is 0.000000239. The molecule has 2 aromatic carbocycles. The standard InChI is InChI=1S/C18H20S2.2CHF3O3S/c1-3-7-15(8-4-1)17-18(16-9-5-2-6-10-16)20-13-11-19(17)12-14-20;2*2-1(3,4)8(5,6)7/h1-10,17-18H,11-14H2;2*(H,5,6,7)/q+2;;/p-2/t17-,18-,19?,20?;;/m1../s1. The van der Waals surface area contributed by atoms with Gasteiger partial charge in [-0.05, 0) is 0 Å². The molecule has 0 aromatic heterocycles. The summed E-state index contributed by atoms with van der Waals surface area (Å²) in [5.41, 5.74) is -8.12. The molecule has 202 valence electrons. The number of fused-ring (bicyclic) bond motifs is 3. The number of benzene rings is 2.